The fourth-order valence-electron chi connectivity index (χ4n) is 0.761. The van der Waals surface area contributed by atoms with Gasteiger partial charge in [0.15, 0.2) is 0 Å². The molecule has 0 radical (unpaired) electrons. The van der Waals surface area contributed by atoms with E-state index in [-0.39, 0.29) is 11.4 Å². The lowest BCUT2D eigenvalue weighted by Gasteiger charge is -2.01. The topological polar surface area (TPSA) is 46.2 Å². The second-order valence-corrected chi connectivity index (χ2v) is 2.16. The molecule has 1 aromatic rings. The van der Waals surface area contributed by atoms with Gasteiger partial charge in [0.2, 0.25) is 0 Å². The molecule has 0 atom stereocenters. The Kier molecular flexibility index (Phi) is 4.11. The Bertz CT molecular complexity index is 238. The van der Waals surface area contributed by atoms with E-state index in [4.69, 9.17) is 10.8 Å². The third kappa shape index (κ3) is 2.42. The Hall–Kier alpha value is -1.25. The van der Waals surface area contributed by atoms with Crippen molar-refractivity contribution in [2.45, 2.75) is 20.8 Å². The van der Waals surface area contributed by atoms with Crippen molar-refractivity contribution < 1.29 is 9.50 Å². The fraction of sp³-hybridized carbons (Fsp3) is 0.333. The summed E-state index contributed by atoms with van der Waals surface area (Å²) in [7, 11) is 0. The van der Waals surface area contributed by atoms with E-state index in [2.05, 4.69) is 0 Å². The Morgan fingerprint density at radius 3 is 2.25 bits per heavy atom. The van der Waals surface area contributed by atoms with Gasteiger partial charge in [-0.25, -0.2) is 4.39 Å². The number of aryl methyl sites for hydroxylation is 1. The second-order valence-electron chi connectivity index (χ2n) is 2.16. The van der Waals surface area contributed by atoms with Crippen LogP contribution in [0.2, 0.25) is 0 Å². The lowest BCUT2D eigenvalue weighted by Crippen LogP contribution is -1.89. The van der Waals surface area contributed by atoms with Crippen molar-refractivity contribution in [2.24, 2.45) is 0 Å². The van der Waals surface area contributed by atoms with Crippen molar-refractivity contribution in [1.82, 2.24) is 0 Å². The van der Waals surface area contributed by atoms with Crippen molar-refractivity contribution in [3.8, 4) is 5.75 Å². The van der Waals surface area contributed by atoms with Crippen LogP contribution in [0.3, 0.4) is 0 Å². The maximum absolute atomic E-state index is 12.4. The summed E-state index contributed by atoms with van der Waals surface area (Å²) in [6, 6.07) is 2.31. The van der Waals surface area contributed by atoms with Gasteiger partial charge in [-0.3, -0.25) is 0 Å². The molecule has 0 unspecified atom stereocenters. The summed E-state index contributed by atoms with van der Waals surface area (Å²) in [5.74, 6) is -0.464. The summed E-state index contributed by atoms with van der Waals surface area (Å²) >= 11 is 0. The third-order valence-electron chi connectivity index (χ3n) is 1.29. The number of aromatic hydroxyl groups is 1. The molecule has 0 aliphatic carbocycles. The van der Waals surface area contributed by atoms with Crippen LogP contribution in [0.4, 0.5) is 10.1 Å². The molecule has 0 aliphatic heterocycles. The SMILES string of the molecule is CC.Cc1cc(F)cc(N)c1O. The molecule has 0 fully saturated rings. The number of rotatable bonds is 0. The number of phenols is 1. The zero-order valence-electron chi connectivity index (χ0n) is 7.56. The molecule has 0 bridgehead atoms. The van der Waals surface area contributed by atoms with Crippen LogP contribution < -0.4 is 5.73 Å². The number of nitrogen functional groups attached to an aromatic ring is 1. The van der Waals surface area contributed by atoms with Crippen LogP contribution in [0.15, 0.2) is 12.1 Å². The smallest absolute Gasteiger partial charge is 0.141 e. The maximum Gasteiger partial charge on any atom is 0.141 e. The highest BCUT2D eigenvalue weighted by molar-refractivity contribution is 5.55. The van der Waals surface area contributed by atoms with Gasteiger partial charge < -0.3 is 10.8 Å². The average molecular weight is 171 g/mol. The lowest BCUT2D eigenvalue weighted by molar-refractivity contribution is 0.471. The van der Waals surface area contributed by atoms with Gasteiger partial charge in [-0.1, -0.05) is 13.8 Å². The molecule has 0 saturated heterocycles. The normalized spacial score (nSPS) is 8.67. The quantitative estimate of drug-likeness (QED) is 0.465. The monoisotopic (exact) mass is 171 g/mol. The lowest BCUT2D eigenvalue weighted by atomic mass is 10.2. The fourth-order valence-corrected chi connectivity index (χ4v) is 0.761. The van der Waals surface area contributed by atoms with E-state index >= 15 is 0 Å². The summed E-state index contributed by atoms with van der Waals surface area (Å²) in [6.07, 6.45) is 0. The highest BCUT2D eigenvalue weighted by Gasteiger charge is 2.01. The second kappa shape index (κ2) is 4.59. The molecule has 0 saturated carbocycles. The minimum absolute atomic E-state index is 0.0404. The van der Waals surface area contributed by atoms with E-state index < -0.39 is 5.82 Å². The van der Waals surface area contributed by atoms with E-state index in [1.54, 1.807) is 6.92 Å². The number of benzene rings is 1. The molecule has 0 heterocycles. The van der Waals surface area contributed by atoms with E-state index in [0.29, 0.717) is 5.56 Å². The first-order valence-electron chi connectivity index (χ1n) is 3.86. The number of nitrogens with two attached hydrogens (primary N) is 1. The van der Waals surface area contributed by atoms with Crippen molar-refractivity contribution in [2.75, 3.05) is 5.73 Å². The van der Waals surface area contributed by atoms with Gasteiger partial charge in [-0.15, -0.1) is 0 Å². The molecule has 1 rings (SSSR count). The molecule has 0 spiro atoms. The molecule has 0 aromatic heterocycles. The summed E-state index contributed by atoms with van der Waals surface area (Å²) in [5, 5.41) is 9.04. The van der Waals surface area contributed by atoms with Crippen LogP contribution in [0.5, 0.6) is 5.75 Å². The van der Waals surface area contributed by atoms with Gasteiger partial charge in [-0.05, 0) is 18.6 Å². The molecule has 0 amide bonds. The van der Waals surface area contributed by atoms with Crippen molar-refractivity contribution in [3.63, 3.8) is 0 Å². The number of phenolic OH excluding ortho intramolecular Hbond substituents is 1. The average Bonchev–Trinajstić information content (AvgIpc) is 2.04. The highest BCUT2D eigenvalue weighted by Crippen LogP contribution is 2.24. The van der Waals surface area contributed by atoms with Crippen LogP contribution in [0.25, 0.3) is 0 Å². The van der Waals surface area contributed by atoms with Gasteiger partial charge in [0.05, 0.1) is 5.69 Å². The highest BCUT2D eigenvalue weighted by atomic mass is 19.1. The van der Waals surface area contributed by atoms with Crippen LogP contribution in [-0.4, -0.2) is 5.11 Å². The van der Waals surface area contributed by atoms with Crippen molar-refractivity contribution >= 4 is 5.69 Å². The van der Waals surface area contributed by atoms with E-state index in [1.807, 2.05) is 13.8 Å². The number of hydrogen-bond acceptors (Lipinski definition) is 2. The van der Waals surface area contributed by atoms with Crippen molar-refractivity contribution in [3.05, 3.63) is 23.5 Å². The Morgan fingerprint density at radius 2 is 1.83 bits per heavy atom. The summed E-state index contributed by atoms with van der Waals surface area (Å²) in [4.78, 5) is 0. The van der Waals surface area contributed by atoms with Gasteiger partial charge in [0, 0.05) is 6.07 Å². The first-order valence-corrected chi connectivity index (χ1v) is 3.86. The van der Waals surface area contributed by atoms with Gasteiger partial charge in [-0.2, -0.15) is 0 Å². The first-order chi connectivity index (χ1) is 5.61. The standard InChI is InChI=1S/C7H8FNO.C2H6/c1-4-2-5(8)3-6(9)7(4)10;1-2/h2-3,10H,9H2,1H3;1-2H3. The summed E-state index contributed by atoms with van der Waals surface area (Å²) < 4.78 is 12.4. The largest absolute Gasteiger partial charge is 0.506 e. The minimum Gasteiger partial charge on any atom is -0.506 e. The molecular weight excluding hydrogens is 157 g/mol. The predicted molar refractivity (Wildman–Crippen MR) is 48.6 cm³/mol. The van der Waals surface area contributed by atoms with Crippen LogP contribution in [0.1, 0.15) is 19.4 Å². The molecule has 3 heteroatoms. The Morgan fingerprint density at radius 1 is 1.33 bits per heavy atom. The predicted octanol–water partition coefficient (Wildman–Crippen LogP) is 2.45. The Labute approximate surface area is 71.8 Å². The van der Waals surface area contributed by atoms with Crippen LogP contribution >= 0.6 is 0 Å². The maximum atomic E-state index is 12.4. The molecule has 1 aromatic carbocycles. The molecular formula is C9H14FNO. The van der Waals surface area contributed by atoms with E-state index in [1.165, 1.54) is 6.07 Å². The zero-order valence-corrected chi connectivity index (χ0v) is 7.56. The number of hydrogen-bond donors (Lipinski definition) is 2. The van der Waals surface area contributed by atoms with Crippen LogP contribution in [-0.2, 0) is 0 Å². The van der Waals surface area contributed by atoms with Crippen molar-refractivity contribution in [1.29, 1.82) is 0 Å². The van der Waals surface area contributed by atoms with Gasteiger partial charge in [0.25, 0.3) is 0 Å². The number of anilines is 1. The first kappa shape index (κ1) is 10.8. The molecule has 0 aliphatic rings. The van der Waals surface area contributed by atoms with E-state index in [0.717, 1.165) is 6.07 Å². The van der Waals surface area contributed by atoms with E-state index in [9.17, 15) is 4.39 Å². The number of halogens is 1. The molecule has 3 N–H and O–H groups in total. The molecule has 2 nitrogen and oxygen atoms in total. The third-order valence-corrected chi connectivity index (χ3v) is 1.29. The zero-order chi connectivity index (χ0) is 9.72. The van der Waals surface area contributed by atoms with Gasteiger partial charge >= 0.3 is 0 Å². The summed E-state index contributed by atoms with van der Waals surface area (Å²) in [6.45, 7) is 5.59. The van der Waals surface area contributed by atoms with Gasteiger partial charge in [0.1, 0.15) is 11.6 Å². The molecule has 12 heavy (non-hydrogen) atoms. The molecule has 68 valence electrons. The summed E-state index contributed by atoms with van der Waals surface area (Å²) in [5.41, 5.74) is 5.77. The Balaban J connectivity index is 0.000000561. The minimum atomic E-state index is -0.423. The van der Waals surface area contributed by atoms with Crippen LogP contribution in [0, 0.1) is 12.7 Å².